The highest BCUT2D eigenvalue weighted by Crippen LogP contribution is 2.42. The first-order valence-electron chi connectivity index (χ1n) is 10.9. The molecule has 0 unspecified atom stereocenters. The molecule has 178 valence electrons. The van der Waals surface area contributed by atoms with E-state index in [-0.39, 0.29) is 17.3 Å². The number of thiophene rings is 1. The Balaban J connectivity index is 1.44. The molecule has 1 N–H and O–H groups in total. The van der Waals surface area contributed by atoms with Crippen molar-refractivity contribution in [3.05, 3.63) is 34.7 Å². The lowest BCUT2D eigenvalue weighted by atomic mass is 9.90. The maximum absolute atomic E-state index is 12.6. The Kier molecular flexibility index (Phi) is 6.45. The van der Waals surface area contributed by atoms with Gasteiger partial charge in [0, 0.05) is 17.0 Å². The lowest BCUT2D eigenvalue weighted by Gasteiger charge is -2.32. The van der Waals surface area contributed by atoms with Crippen LogP contribution in [0.15, 0.2) is 34.6 Å². The summed E-state index contributed by atoms with van der Waals surface area (Å²) < 4.78 is 13.3. The Labute approximate surface area is 209 Å². The van der Waals surface area contributed by atoms with Gasteiger partial charge in [-0.15, -0.1) is 21.5 Å². The molecule has 5 rings (SSSR count). The maximum Gasteiger partial charge on any atom is 0.234 e. The van der Waals surface area contributed by atoms with Gasteiger partial charge in [-0.05, 0) is 49.4 Å². The molecule has 0 spiro atoms. The van der Waals surface area contributed by atoms with Crippen molar-refractivity contribution in [2.45, 2.75) is 49.2 Å². The minimum Gasteiger partial charge on any atom is -0.497 e. The number of carbonyl (C=O) groups is 1. The number of amides is 1. The summed E-state index contributed by atoms with van der Waals surface area (Å²) in [5.74, 6) is 0.838. The Bertz CT molecular complexity index is 1370. The Morgan fingerprint density at radius 2 is 2.09 bits per heavy atom. The first-order chi connectivity index (χ1) is 16.4. The average Bonchev–Trinajstić information content (AvgIpc) is 3.43. The summed E-state index contributed by atoms with van der Waals surface area (Å²) in [5, 5.41) is 14.4. The minimum atomic E-state index is -0.187. The summed E-state index contributed by atoms with van der Waals surface area (Å²) in [6.07, 6.45) is 3.76. The van der Waals surface area contributed by atoms with Gasteiger partial charge in [0.05, 0.1) is 30.5 Å². The summed E-state index contributed by atoms with van der Waals surface area (Å²) in [5.41, 5.74) is 2.59. The largest absolute Gasteiger partial charge is 0.497 e. The topological polar surface area (TPSA) is 90.6 Å². The number of hydrogen-bond acceptors (Lipinski definition) is 9. The number of ether oxygens (including phenoxy) is 2. The molecule has 0 radical (unpaired) electrons. The van der Waals surface area contributed by atoms with Crippen LogP contribution in [0.3, 0.4) is 0 Å². The number of rotatable bonds is 7. The van der Waals surface area contributed by atoms with Crippen LogP contribution in [0.1, 0.15) is 30.7 Å². The lowest BCUT2D eigenvalue weighted by Crippen LogP contribution is -2.33. The highest BCUT2D eigenvalue weighted by atomic mass is 32.2. The fourth-order valence-electron chi connectivity index (χ4n) is 3.98. The first kappa shape index (κ1) is 23.4. The van der Waals surface area contributed by atoms with Gasteiger partial charge in [0.25, 0.3) is 0 Å². The van der Waals surface area contributed by atoms with Gasteiger partial charge in [-0.25, -0.2) is 9.38 Å². The van der Waals surface area contributed by atoms with E-state index in [9.17, 15) is 4.79 Å². The van der Waals surface area contributed by atoms with Crippen LogP contribution in [-0.2, 0) is 22.6 Å². The molecule has 0 bridgehead atoms. The fraction of sp³-hybridized carbons (Fsp3) is 0.391. The summed E-state index contributed by atoms with van der Waals surface area (Å²) >= 11 is 4.57. The highest BCUT2D eigenvalue weighted by Gasteiger charge is 2.33. The molecule has 1 aliphatic heterocycles. The van der Waals surface area contributed by atoms with E-state index in [1.807, 2.05) is 34.9 Å². The number of benzene rings is 1. The first-order valence-corrected chi connectivity index (χ1v) is 13.9. The van der Waals surface area contributed by atoms with E-state index in [0.717, 1.165) is 45.3 Å². The second kappa shape index (κ2) is 9.37. The zero-order chi connectivity index (χ0) is 23.9. The van der Waals surface area contributed by atoms with Crippen molar-refractivity contribution in [3.8, 4) is 5.75 Å². The molecular weight excluding hydrogens is 490 g/mol. The van der Waals surface area contributed by atoms with Gasteiger partial charge in [-0.3, -0.25) is 4.79 Å². The molecule has 34 heavy (non-hydrogen) atoms. The number of hydrogen-bond donors (Lipinski definition) is 1. The molecule has 11 heteroatoms. The maximum atomic E-state index is 12.6. The van der Waals surface area contributed by atoms with Gasteiger partial charge in [0.1, 0.15) is 10.6 Å². The average molecular weight is 516 g/mol. The third-order valence-corrected chi connectivity index (χ3v) is 8.72. The second-order valence-electron chi connectivity index (χ2n) is 8.26. The van der Waals surface area contributed by atoms with Gasteiger partial charge in [0.15, 0.2) is 16.0 Å². The smallest absolute Gasteiger partial charge is 0.234 e. The molecule has 4 aromatic rings. The number of methoxy groups -OCH3 is 1. The summed E-state index contributed by atoms with van der Waals surface area (Å²) in [6, 6.07) is 7.25. The lowest BCUT2D eigenvalue weighted by molar-refractivity contribution is -0.113. The predicted octanol–water partition coefficient (Wildman–Crippen LogP) is 5.04. The van der Waals surface area contributed by atoms with Crippen LogP contribution in [0.5, 0.6) is 5.75 Å². The molecule has 0 saturated carbocycles. The van der Waals surface area contributed by atoms with Crippen molar-refractivity contribution in [1.82, 2.24) is 19.6 Å². The van der Waals surface area contributed by atoms with E-state index in [1.54, 1.807) is 30.2 Å². The molecule has 1 amide bonds. The number of aromatic nitrogens is 4. The molecular formula is C23H25N5O3S3. The van der Waals surface area contributed by atoms with Crippen LogP contribution in [0, 0.1) is 0 Å². The molecule has 0 aliphatic carbocycles. The quantitative estimate of drug-likeness (QED) is 0.270. The van der Waals surface area contributed by atoms with E-state index in [4.69, 9.17) is 14.5 Å². The molecule has 0 saturated heterocycles. The van der Waals surface area contributed by atoms with Gasteiger partial charge in [0.2, 0.25) is 5.91 Å². The van der Waals surface area contributed by atoms with Crippen molar-refractivity contribution < 1.29 is 14.3 Å². The van der Waals surface area contributed by atoms with Crippen LogP contribution in [-0.4, -0.2) is 50.2 Å². The number of nitrogens with one attached hydrogen (secondary N) is 1. The van der Waals surface area contributed by atoms with E-state index < -0.39 is 0 Å². The number of fused-ring (bicyclic) bond motifs is 5. The molecule has 8 nitrogen and oxygen atoms in total. The molecule has 1 atom stereocenters. The SMILES string of the molecule is CC[C@]1(C)Cc2c(sc3nc(SC)n4c(SCC(=O)Nc5ccc(OC)cc5)nnc4c23)CO1. The zero-order valence-corrected chi connectivity index (χ0v) is 21.8. The molecule has 1 aliphatic rings. The number of carbonyl (C=O) groups excluding carboxylic acids is 1. The summed E-state index contributed by atoms with van der Waals surface area (Å²) in [4.78, 5) is 19.7. The number of thioether (sulfide) groups is 2. The van der Waals surface area contributed by atoms with Gasteiger partial charge < -0.3 is 14.8 Å². The zero-order valence-electron chi connectivity index (χ0n) is 19.4. The minimum absolute atomic E-state index is 0.115. The highest BCUT2D eigenvalue weighted by molar-refractivity contribution is 8.00. The normalized spacial score (nSPS) is 17.8. The van der Waals surface area contributed by atoms with Crippen LogP contribution < -0.4 is 10.1 Å². The summed E-state index contributed by atoms with van der Waals surface area (Å²) in [6.45, 7) is 4.91. The van der Waals surface area contributed by atoms with Crippen molar-refractivity contribution in [2.75, 3.05) is 24.4 Å². The fourth-order valence-corrected chi connectivity index (χ4v) is 6.46. The van der Waals surface area contributed by atoms with E-state index in [1.165, 1.54) is 22.2 Å². The van der Waals surface area contributed by atoms with E-state index in [0.29, 0.717) is 11.8 Å². The molecule has 3 aromatic heterocycles. The van der Waals surface area contributed by atoms with Gasteiger partial charge in [-0.1, -0.05) is 30.4 Å². The third kappa shape index (κ3) is 4.26. The van der Waals surface area contributed by atoms with Crippen LogP contribution in [0.2, 0.25) is 0 Å². The van der Waals surface area contributed by atoms with Gasteiger partial charge in [-0.2, -0.15) is 0 Å². The summed E-state index contributed by atoms with van der Waals surface area (Å²) in [7, 11) is 1.61. The van der Waals surface area contributed by atoms with Crippen molar-refractivity contribution in [1.29, 1.82) is 0 Å². The third-order valence-electron chi connectivity index (χ3n) is 6.06. The van der Waals surface area contributed by atoms with Crippen LogP contribution in [0.25, 0.3) is 15.9 Å². The van der Waals surface area contributed by atoms with Crippen LogP contribution >= 0.6 is 34.9 Å². The van der Waals surface area contributed by atoms with Crippen molar-refractivity contribution in [3.63, 3.8) is 0 Å². The van der Waals surface area contributed by atoms with Crippen molar-refractivity contribution >= 4 is 62.3 Å². The van der Waals surface area contributed by atoms with Crippen LogP contribution in [0.4, 0.5) is 5.69 Å². The molecule has 4 heterocycles. The monoisotopic (exact) mass is 515 g/mol. The standard InChI is InChI=1S/C23H25N5O3S3/c1-5-23(2)10-15-16(11-31-23)34-20-18(15)19-26-27-22(28(19)21(25-20)32-4)33-12-17(29)24-13-6-8-14(30-3)9-7-13/h6-9H,5,10-12H2,1-4H3,(H,24,29)/t23-/m1/s1. The molecule has 1 aromatic carbocycles. The Morgan fingerprint density at radius 1 is 1.29 bits per heavy atom. The van der Waals surface area contributed by atoms with E-state index in [2.05, 4.69) is 29.4 Å². The second-order valence-corrected chi connectivity index (χ2v) is 11.1. The number of nitrogens with zero attached hydrogens (tertiary/aromatic N) is 4. The Hall–Kier alpha value is -2.34. The Morgan fingerprint density at radius 3 is 2.79 bits per heavy atom. The predicted molar refractivity (Wildman–Crippen MR) is 137 cm³/mol. The molecule has 0 fully saturated rings. The van der Waals surface area contributed by atoms with E-state index >= 15 is 0 Å². The number of anilines is 1. The van der Waals surface area contributed by atoms with Crippen molar-refractivity contribution in [2.24, 2.45) is 0 Å². The van der Waals surface area contributed by atoms with Gasteiger partial charge >= 0.3 is 0 Å².